The zero-order chi connectivity index (χ0) is 45.1. The lowest BCUT2D eigenvalue weighted by atomic mass is 9.78. The lowest BCUT2D eigenvalue weighted by molar-refractivity contribution is -0.160. The molecule has 3 aromatic rings. The third kappa shape index (κ3) is 9.49. The smallest absolute Gasteiger partial charge is 0.312 e. The third-order valence-corrected chi connectivity index (χ3v) is 11.9. The van der Waals surface area contributed by atoms with Crippen molar-refractivity contribution in [2.75, 3.05) is 19.0 Å². The van der Waals surface area contributed by atoms with Gasteiger partial charge in [-0.2, -0.15) is 0 Å². The van der Waals surface area contributed by atoms with Crippen LogP contribution in [0.4, 0.5) is 5.69 Å². The number of nitrogens with one attached hydrogen (secondary N) is 2. The number of methoxy groups -OCH3 is 1. The number of carbonyl (C=O) groups excluding carboxylic acids is 3. The molecule has 3 aliphatic heterocycles. The topological polar surface area (TPSA) is 234 Å². The Balaban J connectivity index is 1.65. The summed E-state index contributed by atoms with van der Waals surface area (Å²) in [6.45, 7) is 12.7. The molecule has 1 amide bonds. The maximum atomic E-state index is 14.4. The van der Waals surface area contributed by atoms with Gasteiger partial charge in [0, 0.05) is 73.3 Å². The number of hydrogen-bond donors (Lipinski definition) is 8. The molecule has 0 spiro atoms. The average molecular weight is 847 g/mol. The Morgan fingerprint density at radius 3 is 2.21 bits per heavy atom. The lowest BCUT2D eigenvalue weighted by Crippen LogP contribution is -2.46. The molecule has 0 unspecified atom stereocenters. The molecule has 15 nitrogen and oxygen atoms in total. The quantitative estimate of drug-likeness (QED) is 0.0609. The summed E-state index contributed by atoms with van der Waals surface area (Å²) in [6.07, 6.45) is 4.04. The van der Waals surface area contributed by atoms with Gasteiger partial charge in [-0.3, -0.25) is 14.4 Å². The number of rotatable bonds is 7. The van der Waals surface area contributed by atoms with Crippen LogP contribution < -0.4 is 15.4 Å². The molecule has 6 rings (SSSR count). The van der Waals surface area contributed by atoms with Crippen molar-refractivity contribution in [2.24, 2.45) is 23.7 Å². The van der Waals surface area contributed by atoms with Crippen molar-refractivity contribution < 1.29 is 64.0 Å². The van der Waals surface area contributed by atoms with Gasteiger partial charge in [0.15, 0.2) is 5.75 Å². The average Bonchev–Trinajstić information content (AvgIpc) is 3.49. The molecule has 0 aromatic heterocycles. The fourth-order valence-corrected chi connectivity index (χ4v) is 8.07. The van der Waals surface area contributed by atoms with E-state index in [9.17, 15) is 45.0 Å². The fraction of sp³-hybridized carbons (Fsp3) is 0.457. The van der Waals surface area contributed by atoms with E-state index < -0.39 is 88.8 Å². The minimum absolute atomic E-state index is 0.00676. The summed E-state index contributed by atoms with van der Waals surface area (Å²) >= 11 is 0. The molecule has 0 radical (unpaired) electrons. The van der Waals surface area contributed by atoms with Crippen molar-refractivity contribution in [1.82, 2.24) is 5.32 Å². The van der Waals surface area contributed by atoms with Crippen LogP contribution in [0, 0.1) is 30.6 Å². The Bertz CT molecular complexity index is 2230. The van der Waals surface area contributed by atoms with Gasteiger partial charge >= 0.3 is 11.8 Å². The van der Waals surface area contributed by atoms with Gasteiger partial charge in [-0.25, -0.2) is 0 Å². The molecule has 15 heteroatoms. The van der Waals surface area contributed by atoms with Crippen molar-refractivity contribution in [3.05, 3.63) is 82.7 Å². The molecule has 3 aromatic carbocycles. The number of ketones is 1. The number of anilines is 1. The van der Waals surface area contributed by atoms with Gasteiger partial charge in [-0.1, -0.05) is 58.1 Å². The maximum Gasteiger partial charge on any atom is 0.312 e. The fourth-order valence-electron chi connectivity index (χ4n) is 8.07. The number of ether oxygens (including phenoxy) is 4. The number of phenols is 4. The number of aromatic hydroxyl groups is 4. The van der Waals surface area contributed by atoms with Gasteiger partial charge in [-0.15, -0.1) is 0 Å². The van der Waals surface area contributed by atoms with Gasteiger partial charge in [0.2, 0.25) is 0 Å². The second-order valence-electron chi connectivity index (χ2n) is 16.3. The van der Waals surface area contributed by atoms with Crippen LogP contribution in [0.25, 0.3) is 10.8 Å². The molecule has 0 saturated heterocycles. The predicted molar refractivity (Wildman–Crippen MR) is 227 cm³/mol. The number of esters is 1. The molecule has 0 aliphatic carbocycles. The Kier molecular flexibility index (Phi) is 14.5. The Morgan fingerprint density at radius 1 is 0.902 bits per heavy atom. The van der Waals surface area contributed by atoms with E-state index in [-0.39, 0.29) is 56.8 Å². The van der Waals surface area contributed by atoms with Gasteiger partial charge in [-0.05, 0) is 50.6 Å². The SMILES string of the molecule is CO[C@H]1/C=C/O[C@@]2(C)Oc3c(C)c(O)c4c(O)c(c(CNCCc5ccc(O)cc5)c(O)c4c3C2=O)NC(=O)/C(C)=C\C=C\[C@H](C)[C@H](O)[C@@H](C)[C@@H](O)[C@@H](C)[C@H](OC(C)=O)[C@@H]1C. The molecule has 9 atom stereocenters. The number of carbonyl (C=O) groups is 3. The molecular weight excluding hydrogens is 789 g/mol. The number of aliphatic hydroxyl groups is 2. The first-order valence-corrected chi connectivity index (χ1v) is 20.3. The molecule has 5 bridgehead atoms. The van der Waals surface area contributed by atoms with E-state index in [1.807, 2.05) is 0 Å². The summed E-state index contributed by atoms with van der Waals surface area (Å²) in [4.78, 5) is 40.5. The van der Waals surface area contributed by atoms with Crippen LogP contribution in [0.1, 0.15) is 75.5 Å². The van der Waals surface area contributed by atoms with E-state index in [4.69, 9.17) is 18.9 Å². The van der Waals surface area contributed by atoms with E-state index in [1.54, 1.807) is 64.1 Å². The lowest BCUT2D eigenvalue weighted by Gasteiger charge is -2.38. The van der Waals surface area contributed by atoms with E-state index in [0.717, 1.165) is 5.56 Å². The number of aliphatic hydroxyl groups excluding tert-OH is 2. The summed E-state index contributed by atoms with van der Waals surface area (Å²) in [5, 5.41) is 73.5. The highest BCUT2D eigenvalue weighted by Gasteiger charge is 2.50. The summed E-state index contributed by atoms with van der Waals surface area (Å²) in [6, 6.07) is 6.64. The maximum absolute atomic E-state index is 14.4. The van der Waals surface area contributed by atoms with Crippen LogP contribution in [-0.2, 0) is 36.8 Å². The van der Waals surface area contributed by atoms with E-state index in [0.29, 0.717) is 13.0 Å². The number of amides is 1. The summed E-state index contributed by atoms with van der Waals surface area (Å²) in [5.41, 5.74) is 0.747. The molecule has 0 fully saturated rings. The first-order valence-electron chi connectivity index (χ1n) is 20.3. The van der Waals surface area contributed by atoms with Crippen molar-refractivity contribution >= 4 is 34.1 Å². The van der Waals surface area contributed by atoms with E-state index >= 15 is 0 Å². The highest BCUT2D eigenvalue weighted by molar-refractivity contribution is 6.22. The first kappa shape index (κ1) is 46.5. The Morgan fingerprint density at radius 2 is 1.57 bits per heavy atom. The third-order valence-electron chi connectivity index (χ3n) is 11.9. The van der Waals surface area contributed by atoms with Crippen LogP contribution in [0.15, 0.2) is 60.4 Å². The minimum atomic E-state index is -2.05. The predicted octanol–water partition coefficient (Wildman–Crippen LogP) is 5.79. The molecule has 61 heavy (non-hydrogen) atoms. The molecule has 8 N–H and O–H groups in total. The van der Waals surface area contributed by atoms with Gasteiger partial charge < -0.3 is 60.2 Å². The van der Waals surface area contributed by atoms with Crippen LogP contribution >= 0.6 is 0 Å². The largest absolute Gasteiger partial charge is 0.508 e. The van der Waals surface area contributed by atoms with E-state index in [1.165, 1.54) is 53.2 Å². The Hall–Kier alpha value is -5.61. The summed E-state index contributed by atoms with van der Waals surface area (Å²) in [5.74, 6) is -8.19. The molecule has 330 valence electrons. The van der Waals surface area contributed by atoms with Crippen molar-refractivity contribution in [1.29, 1.82) is 0 Å². The van der Waals surface area contributed by atoms with E-state index in [2.05, 4.69) is 10.6 Å². The zero-order valence-electron chi connectivity index (χ0n) is 36.0. The highest BCUT2D eigenvalue weighted by Crippen LogP contribution is 2.55. The Labute approximate surface area is 355 Å². The second kappa shape index (κ2) is 19.0. The van der Waals surface area contributed by atoms with Gasteiger partial charge in [0.25, 0.3) is 11.7 Å². The molecule has 3 aliphatic rings. The molecular formula is C46H58N2O13. The number of phenolic OH excluding ortho intramolecular Hbond substituents is 4. The van der Waals surface area contributed by atoms with Crippen LogP contribution in [0.5, 0.6) is 28.7 Å². The highest BCUT2D eigenvalue weighted by atomic mass is 16.7. The monoisotopic (exact) mass is 846 g/mol. The zero-order valence-corrected chi connectivity index (χ0v) is 36.0. The van der Waals surface area contributed by atoms with Crippen molar-refractivity contribution in [2.45, 2.75) is 98.6 Å². The molecule has 0 saturated carbocycles. The molecule has 3 heterocycles. The van der Waals surface area contributed by atoms with Gasteiger partial charge in [0.1, 0.15) is 29.1 Å². The number of hydrogen-bond acceptors (Lipinski definition) is 14. The van der Waals surface area contributed by atoms with Crippen LogP contribution in [-0.4, -0.2) is 92.2 Å². The second-order valence-corrected chi connectivity index (χ2v) is 16.3. The van der Waals surface area contributed by atoms with Crippen molar-refractivity contribution in [3.8, 4) is 28.7 Å². The first-order chi connectivity index (χ1) is 28.7. The standard InChI is InChI=1S/C46H58N2O13/c1-22-11-10-12-23(2)45(57)48-36-31(21-47-19-17-29-13-15-30(50)16-14-29)40(54)33-34(41(36)55)39(53)27(6)43-35(33)44(56)46(8,61-43)59-20-18-32(58-9)24(3)42(60-28(7)49)26(5)38(52)25(4)37(22)51/h10-16,18,20,22,24-26,32,37-38,42,47,50-55H,17,19,21H2,1-9H3,(H,48,57)/b11-10+,20-18+,23-12-/t22-,24+,25+,26+,32-,37-,38+,42+,46-/m0/s1. The van der Waals surface area contributed by atoms with Gasteiger partial charge in [0.05, 0.1) is 41.2 Å². The van der Waals surface area contributed by atoms with Crippen LogP contribution in [0.2, 0.25) is 0 Å². The summed E-state index contributed by atoms with van der Waals surface area (Å²) < 4.78 is 23.6. The number of Topliss-reactive ketones (excluding diaryl/α,β-unsaturated/α-hetero) is 1. The number of fused-ring (bicyclic) bond motifs is 14. The van der Waals surface area contributed by atoms with Crippen LogP contribution in [0.3, 0.4) is 0 Å². The number of allylic oxidation sites excluding steroid dienone is 2. The minimum Gasteiger partial charge on any atom is -0.508 e. The summed E-state index contributed by atoms with van der Waals surface area (Å²) in [7, 11) is 1.43. The normalized spacial score (nSPS) is 29.3. The number of benzene rings is 3. The van der Waals surface area contributed by atoms with Crippen molar-refractivity contribution in [3.63, 3.8) is 0 Å².